The van der Waals surface area contributed by atoms with Gasteiger partial charge in [-0.15, -0.1) is 0 Å². The predicted molar refractivity (Wildman–Crippen MR) is 101 cm³/mol. The number of nitrogens with two attached hydrogens (primary N) is 2. The Morgan fingerprint density at radius 2 is 1.00 bits per heavy atom. The molecule has 0 heterocycles. The Balaban J connectivity index is 1.49. The van der Waals surface area contributed by atoms with E-state index in [0.29, 0.717) is 22.9 Å². The van der Waals surface area contributed by atoms with E-state index in [9.17, 15) is 0 Å². The molecule has 0 aromatic rings. The van der Waals surface area contributed by atoms with Crippen molar-refractivity contribution >= 4 is 0 Å². The number of hydrogen-bond donors (Lipinski definition) is 2. The Bertz CT molecular complexity index is 438. The molecule has 0 amide bonds. The first-order valence-electron chi connectivity index (χ1n) is 10.9. The van der Waals surface area contributed by atoms with Gasteiger partial charge >= 0.3 is 0 Å². The van der Waals surface area contributed by atoms with Crippen molar-refractivity contribution in [3.63, 3.8) is 0 Å². The van der Waals surface area contributed by atoms with Crippen molar-refractivity contribution in [3.8, 4) is 0 Å². The van der Waals surface area contributed by atoms with Gasteiger partial charge in [-0.25, -0.2) is 0 Å². The molecule has 4 saturated carbocycles. The summed E-state index contributed by atoms with van der Waals surface area (Å²) in [5.41, 5.74) is 14.5. The molecule has 0 radical (unpaired) electrons. The van der Waals surface area contributed by atoms with Crippen LogP contribution >= 0.6 is 0 Å². The van der Waals surface area contributed by atoms with Gasteiger partial charge in [0.1, 0.15) is 0 Å². The van der Waals surface area contributed by atoms with Crippen LogP contribution < -0.4 is 11.5 Å². The van der Waals surface area contributed by atoms with E-state index in [-0.39, 0.29) is 0 Å². The van der Waals surface area contributed by atoms with Gasteiger partial charge in [0.05, 0.1) is 0 Å². The van der Waals surface area contributed by atoms with Crippen molar-refractivity contribution in [2.75, 3.05) is 0 Å². The van der Waals surface area contributed by atoms with Crippen molar-refractivity contribution in [2.24, 2.45) is 57.8 Å². The second-order valence-electron chi connectivity index (χ2n) is 10.6. The summed E-state index contributed by atoms with van der Waals surface area (Å²) in [5, 5.41) is 0. The van der Waals surface area contributed by atoms with Crippen LogP contribution in [0.3, 0.4) is 0 Å². The van der Waals surface area contributed by atoms with Crippen molar-refractivity contribution in [3.05, 3.63) is 0 Å². The van der Waals surface area contributed by atoms with Gasteiger partial charge < -0.3 is 11.5 Å². The number of fused-ring (bicyclic) bond motifs is 4. The number of rotatable bonds is 5. The third-order valence-electron chi connectivity index (χ3n) is 9.76. The molecule has 24 heavy (non-hydrogen) atoms. The average molecular weight is 333 g/mol. The second kappa shape index (κ2) is 5.71. The lowest BCUT2D eigenvalue weighted by Crippen LogP contribution is -2.52. The maximum absolute atomic E-state index is 6.85. The van der Waals surface area contributed by atoms with E-state index in [1.807, 2.05) is 0 Å². The topological polar surface area (TPSA) is 52.0 Å². The summed E-state index contributed by atoms with van der Waals surface area (Å²) in [4.78, 5) is 0. The van der Waals surface area contributed by atoms with Crippen LogP contribution in [0, 0.1) is 46.3 Å². The van der Waals surface area contributed by atoms with Gasteiger partial charge in [0.15, 0.2) is 0 Å². The summed E-state index contributed by atoms with van der Waals surface area (Å²) in [6, 6.07) is 0.886. The molecule has 4 aliphatic carbocycles. The van der Waals surface area contributed by atoms with Gasteiger partial charge in [-0.1, -0.05) is 40.5 Å². The van der Waals surface area contributed by atoms with Gasteiger partial charge in [0, 0.05) is 12.1 Å². The van der Waals surface area contributed by atoms with Gasteiger partial charge in [-0.05, 0) is 84.9 Å². The SMILES string of the molecule is CCC[C@]1(C)[C@H]2CC(C3C[C@@H]4C[C@H]3[C@H](N)[C@]4(C)CCC)[C@H](C2)[C@H]1N. The van der Waals surface area contributed by atoms with E-state index in [4.69, 9.17) is 11.5 Å². The molecular weight excluding hydrogens is 292 g/mol. The molecule has 0 aromatic heterocycles. The highest BCUT2D eigenvalue weighted by Gasteiger charge is 2.64. The van der Waals surface area contributed by atoms with E-state index >= 15 is 0 Å². The molecule has 0 saturated heterocycles. The monoisotopic (exact) mass is 332 g/mol. The molecule has 4 N–H and O–H groups in total. The van der Waals surface area contributed by atoms with Crippen molar-refractivity contribution in [1.82, 2.24) is 0 Å². The van der Waals surface area contributed by atoms with E-state index in [2.05, 4.69) is 27.7 Å². The van der Waals surface area contributed by atoms with Gasteiger partial charge in [0.2, 0.25) is 0 Å². The summed E-state index contributed by atoms with van der Waals surface area (Å²) in [7, 11) is 0. The van der Waals surface area contributed by atoms with E-state index in [1.165, 1.54) is 51.4 Å². The lowest BCUT2D eigenvalue weighted by molar-refractivity contribution is 0.0308. The zero-order valence-electron chi connectivity index (χ0n) is 16.4. The lowest BCUT2D eigenvalue weighted by atomic mass is 9.58. The van der Waals surface area contributed by atoms with Gasteiger partial charge in [-0.3, -0.25) is 0 Å². The van der Waals surface area contributed by atoms with Gasteiger partial charge in [0.25, 0.3) is 0 Å². The minimum atomic E-state index is 0.423. The molecule has 4 aliphatic rings. The van der Waals surface area contributed by atoms with Crippen LogP contribution in [0.2, 0.25) is 0 Å². The molecule has 10 atom stereocenters. The fourth-order valence-corrected chi connectivity index (χ4v) is 8.43. The van der Waals surface area contributed by atoms with Crippen molar-refractivity contribution in [2.45, 2.75) is 91.1 Å². The summed E-state index contributed by atoms with van der Waals surface area (Å²) in [5.74, 6) is 5.14. The molecule has 0 aliphatic heterocycles. The molecule has 2 nitrogen and oxygen atoms in total. The third-order valence-corrected chi connectivity index (χ3v) is 9.76. The van der Waals surface area contributed by atoms with Crippen LogP contribution in [-0.2, 0) is 0 Å². The van der Waals surface area contributed by atoms with Crippen LogP contribution in [0.1, 0.15) is 79.1 Å². The van der Waals surface area contributed by atoms with E-state index in [1.54, 1.807) is 0 Å². The maximum atomic E-state index is 6.85. The molecule has 2 unspecified atom stereocenters. The van der Waals surface area contributed by atoms with E-state index in [0.717, 1.165) is 35.5 Å². The Morgan fingerprint density at radius 1 is 0.667 bits per heavy atom. The minimum Gasteiger partial charge on any atom is -0.327 e. The van der Waals surface area contributed by atoms with Crippen molar-refractivity contribution in [1.29, 1.82) is 0 Å². The smallest absolute Gasteiger partial charge is 0.0127 e. The Labute approximate surface area is 149 Å². The molecule has 4 fully saturated rings. The molecule has 4 bridgehead atoms. The largest absolute Gasteiger partial charge is 0.327 e. The first-order chi connectivity index (χ1) is 11.4. The normalized spacial score (nSPS) is 58.8. The average Bonchev–Trinajstić information content (AvgIpc) is 3.25. The molecular formula is C22H40N2. The molecule has 138 valence electrons. The highest BCUT2D eigenvalue weighted by atomic mass is 14.8. The molecule has 2 heteroatoms. The lowest BCUT2D eigenvalue weighted by Gasteiger charge is -2.49. The zero-order valence-corrected chi connectivity index (χ0v) is 16.4. The third kappa shape index (κ3) is 2.08. The first-order valence-corrected chi connectivity index (χ1v) is 10.9. The summed E-state index contributed by atoms with van der Waals surface area (Å²) >= 11 is 0. The molecule has 4 rings (SSSR count). The summed E-state index contributed by atoms with van der Waals surface area (Å²) in [6.45, 7) is 9.63. The first kappa shape index (κ1) is 17.3. The predicted octanol–water partition coefficient (Wildman–Crippen LogP) is 4.57. The van der Waals surface area contributed by atoms with Crippen LogP contribution in [0.5, 0.6) is 0 Å². The Hall–Kier alpha value is -0.0800. The second-order valence-corrected chi connectivity index (χ2v) is 10.6. The fourth-order valence-electron chi connectivity index (χ4n) is 8.43. The molecule has 0 aromatic carbocycles. The van der Waals surface area contributed by atoms with Gasteiger partial charge in [-0.2, -0.15) is 0 Å². The Kier molecular flexibility index (Phi) is 4.12. The van der Waals surface area contributed by atoms with Crippen molar-refractivity contribution < 1.29 is 0 Å². The number of hydrogen-bond acceptors (Lipinski definition) is 2. The van der Waals surface area contributed by atoms with E-state index < -0.39 is 0 Å². The molecule has 0 spiro atoms. The maximum Gasteiger partial charge on any atom is 0.0127 e. The zero-order chi connectivity index (χ0) is 17.3. The van der Waals surface area contributed by atoms with Crippen LogP contribution in [-0.4, -0.2) is 12.1 Å². The van der Waals surface area contributed by atoms with Crippen LogP contribution in [0.25, 0.3) is 0 Å². The van der Waals surface area contributed by atoms with Crippen LogP contribution in [0.4, 0.5) is 0 Å². The fraction of sp³-hybridized carbons (Fsp3) is 1.00. The van der Waals surface area contributed by atoms with Crippen LogP contribution in [0.15, 0.2) is 0 Å². The Morgan fingerprint density at radius 3 is 1.29 bits per heavy atom. The highest BCUT2D eigenvalue weighted by molar-refractivity contribution is 5.16. The minimum absolute atomic E-state index is 0.423. The highest BCUT2D eigenvalue weighted by Crippen LogP contribution is 2.67. The summed E-state index contributed by atoms with van der Waals surface area (Å²) in [6.07, 6.45) is 11.0. The quantitative estimate of drug-likeness (QED) is 0.775. The summed E-state index contributed by atoms with van der Waals surface area (Å²) < 4.78 is 0. The standard InChI is InChI=1S/C22H40N2/c1-5-7-21(3)13-9-15(17(11-13)19(21)23)16-10-14-12-18(16)20(24)22(14,4)8-6-2/h13-20H,5-12,23-24H2,1-4H3/t13-,14+,15?,16?,17-,18+,19+,20-,21-,22-/m1/s1.